The second-order valence-corrected chi connectivity index (χ2v) is 3.92. The van der Waals surface area contributed by atoms with Gasteiger partial charge in [-0.05, 0) is 25.6 Å². The molecule has 1 atom stereocenters. The Bertz CT molecular complexity index is 327. The third-order valence-corrected chi connectivity index (χ3v) is 3.01. The van der Waals surface area contributed by atoms with Crippen molar-refractivity contribution in [3.8, 4) is 5.75 Å². The number of methoxy groups -OCH3 is 1. The molecule has 0 aliphatic carbocycles. The van der Waals surface area contributed by atoms with Gasteiger partial charge in [0.1, 0.15) is 5.75 Å². The first-order chi connectivity index (χ1) is 7.33. The summed E-state index contributed by atoms with van der Waals surface area (Å²) in [5.41, 5.74) is 1.26. The van der Waals surface area contributed by atoms with Gasteiger partial charge in [-0.3, -0.25) is 0 Å². The molecule has 1 aromatic rings. The summed E-state index contributed by atoms with van der Waals surface area (Å²) in [7, 11) is 3.74. The Balaban J connectivity index is 2.09. The van der Waals surface area contributed by atoms with Crippen LogP contribution in [0.15, 0.2) is 24.3 Å². The molecule has 0 saturated carbocycles. The summed E-state index contributed by atoms with van der Waals surface area (Å²) in [5.74, 6) is 0.931. The number of hydrogen-bond acceptors (Lipinski definition) is 3. The Hall–Kier alpha value is -1.22. The van der Waals surface area contributed by atoms with Crippen molar-refractivity contribution in [2.75, 3.05) is 32.1 Å². The van der Waals surface area contributed by atoms with E-state index in [-0.39, 0.29) is 0 Å². The van der Waals surface area contributed by atoms with Crippen LogP contribution >= 0.6 is 0 Å². The summed E-state index contributed by atoms with van der Waals surface area (Å²) in [6.45, 7) is 2.21. The molecule has 1 aromatic carbocycles. The molecule has 82 valence electrons. The van der Waals surface area contributed by atoms with Crippen LogP contribution in [-0.4, -0.2) is 33.3 Å². The van der Waals surface area contributed by atoms with Gasteiger partial charge in [0.2, 0.25) is 0 Å². The number of likely N-dealkylation sites (N-methyl/N-ethyl adjacent to an activating group) is 1. The summed E-state index contributed by atoms with van der Waals surface area (Å²) in [4.78, 5) is 2.39. The van der Waals surface area contributed by atoms with E-state index in [1.165, 1.54) is 12.1 Å². The van der Waals surface area contributed by atoms with E-state index < -0.39 is 0 Å². The van der Waals surface area contributed by atoms with Crippen molar-refractivity contribution in [1.29, 1.82) is 0 Å². The van der Waals surface area contributed by atoms with Gasteiger partial charge >= 0.3 is 0 Å². The van der Waals surface area contributed by atoms with E-state index in [4.69, 9.17) is 4.74 Å². The fourth-order valence-corrected chi connectivity index (χ4v) is 2.04. The Labute approximate surface area is 91.0 Å². The smallest absolute Gasteiger partial charge is 0.120 e. The van der Waals surface area contributed by atoms with Crippen LogP contribution in [0.4, 0.5) is 5.69 Å². The molecule has 0 amide bonds. The molecule has 1 unspecified atom stereocenters. The third-order valence-electron chi connectivity index (χ3n) is 3.01. The summed E-state index contributed by atoms with van der Waals surface area (Å²) < 4.78 is 5.23. The Kier molecular flexibility index (Phi) is 3.11. The van der Waals surface area contributed by atoms with Crippen LogP contribution in [0.25, 0.3) is 0 Å². The van der Waals surface area contributed by atoms with E-state index >= 15 is 0 Å². The van der Waals surface area contributed by atoms with Gasteiger partial charge in [-0.15, -0.1) is 0 Å². The van der Waals surface area contributed by atoms with E-state index in [0.717, 1.165) is 18.8 Å². The second kappa shape index (κ2) is 4.53. The first-order valence-electron chi connectivity index (χ1n) is 5.39. The normalized spacial score (nSPS) is 20.7. The van der Waals surface area contributed by atoms with Gasteiger partial charge < -0.3 is 15.0 Å². The standard InChI is InChI=1S/C12H18N2O/c1-13-10-6-7-14(9-10)11-4-3-5-12(8-11)15-2/h3-5,8,10,13H,6-7,9H2,1-2H3. The molecule has 1 heterocycles. The molecule has 1 fully saturated rings. The van der Waals surface area contributed by atoms with Gasteiger partial charge in [0.25, 0.3) is 0 Å². The van der Waals surface area contributed by atoms with Crippen molar-refractivity contribution in [2.24, 2.45) is 0 Å². The van der Waals surface area contributed by atoms with Crippen LogP contribution < -0.4 is 15.0 Å². The summed E-state index contributed by atoms with van der Waals surface area (Å²) >= 11 is 0. The minimum atomic E-state index is 0.621. The molecule has 0 spiro atoms. The fourth-order valence-electron chi connectivity index (χ4n) is 2.04. The Morgan fingerprint density at radius 1 is 1.47 bits per heavy atom. The first-order valence-corrected chi connectivity index (χ1v) is 5.39. The van der Waals surface area contributed by atoms with E-state index in [2.05, 4.69) is 22.3 Å². The zero-order valence-corrected chi connectivity index (χ0v) is 9.36. The van der Waals surface area contributed by atoms with Gasteiger partial charge in [-0.2, -0.15) is 0 Å². The van der Waals surface area contributed by atoms with Gasteiger partial charge in [0.05, 0.1) is 7.11 Å². The van der Waals surface area contributed by atoms with Crippen molar-refractivity contribution in [3.05, 3.63) is 24.3 Å². The topological polar surface area (TPSA) is 24.5 Å². The Morgan fingerprint density at radius 3 is 3.00 bits per heavy atom. The van der Waals surface area contributed by atoms with Crippen LogP contribution in [0.2, 0.25) is 0 Å². The number of nitrogens with zero attached hydrogens (tertiary/aromatic N) is 1. The SMILES string of the molecule is CNC1CCN(c2cccc(OC)c2)C1. The molecule has 1 aliphatic rings. The maximum absolute atomic E-state index is 5.23. The van der Waals surface area contributed by atoms with Crippen LogP contribution in [0.3, 0.4) is 0 Å². The van der Waals surface area contributed by atoms with Crippen molar-refractivity contribution in [2.45, 2.75) is 12.5 Å². The van der Waals surface area contributed by atoms with Gasteiger partial charge in [-0.25, -0.2) is 0 Å². The zero-order chi connectivity index (χ0) is 10.7. The van der Waals surface area contributed by atoms with Gasteiger partial charge in [-0.1, -0.05) is 6.07 Å². The zero-order valence-electron chi connectivity index (χ0n) is 9.36. The molecule has 0 aromatic heterocycles. The van der Waals surface area contributed by atoms with E-state index in [9.17, 15) is 0 Å². The number of rotatable bonds is 3. The quantitative estimate of drug-likeness (QED) is 0.811. The monoisotopic (exact) mass is 206 g/mol. The average molecular weight is 206 g/mol. The number of nitrogens with one attached hydrogen (secondary N) is 1. The van der Waals surface area contributed by atoms with Crippen molar-refractivity contribution in [3.63, 3.8) is 0 Å². The maximum Gasteiger partial charge on any atom is 0.120 e. The number of hydrogen-bond donors (Lipinski definition) is 1. The minimum Gasteiger partial charge on any atom is -0.497 e. The second-order valence-electron chi connectivity index (χ2n) is 3.92. The molecular formula is C12H18N2O. The van der Waals surface area contributed by atoms with Crippen LogP contribution in [-0.2, 0) is 0 Å². The molecule has 1 saturated heterocycles. The molecule has 1 aliphatic heterocycles. The van der Waals surface area contributed by atoms with Crippen molar-refractivity contribution >= 4 is 5.69 Å². The summed E-state index contributed by atoms with van der Waals surface area (Å²) in [6, 6.07) is 8.88. The van der Waals surface area contributed by atoms with Crippen LogP contribution in [0.1, 0.15) is 6.42 Å². The molecular weight excluding hydrogens is 188 g/mol. The van der Waals surface area contributed by atoms with Crippen LogP contribution in [0, 0.1) is 0 Å². The van der Waals surface area contributed by atoms with Crippen molar-refractivity contribution < 1.29 is 4.74 Å². The molecule has 3 nitrogen and oxygen atoms in total. The number of ether oxygens (including phenoxy) is 1. The highest BCUT2D eigenvalue weighted by Crippen LogP contribution is 2.24. The molecule has 1 N–H and O–H groups in total. The number of benzene rings is 1. The molecule has 0 bridgehead atoms. The van der Waals surface area contributed by atoms with E-state index in [0.29, 0.717) is 6.04 Å². The van der Waals surface area contributed by atoms with E-state index in [1.807, 2.05) is 19.2 Å². The van der Waals surface area contributed by atoms with Gasteiger partial charge in [0.15, 0.2) is 0 Å². The lowest BCUT2D eigenvalue weighted by Gasteiger charge is -2.19. The maximum atomic E-state index is 5.23. The molecule has 15 heavy (non-hydrogen) atoms. The van der Waals surface area contributed by atoms with Gasteiger partial charge in [0, 0.05) is 30.9 Å². The minimum absolute atomic E-state index is 0.621. The lowest BCUT2D eigenvalue weighted by molar-refractivity contribution is 0.415. The lowest BCUT2D eigenvalue weighted by atomic mass is 10.2. The predicted octanol–water partition coefficient (Wildman–Crippen LogP) is 1.49. The number of anilines is 1. The summed E-state index contributed by atoms with van der Waals surface area (Å²) in [5, 5.41) is 3.32. The predicted molar refractivity (Wildman–Crippen MR) is 62.7 cm³/mol. The average Bonchev–Trinajstić information content (AvgIpc) is 2.78. The highest BCUT2D eigenvalue weighted by molar-refractivity contribution is 5.51. The van der Waals surface area contributed by atoms with E-state index in [1.54, 1.807) is 7.11 Å². The Morgan fingerprint density at radius 2 is 2.33 bits per heavy atom. The van der Waals surface area contributed by atoms with Crippen molar-refractivity contribution in [1.82, 2.24) is 5.32 Å². The molecule has 2 rings (SSSR count). The first kappa shape index (κ1) is 10.3. The summed E-state index contributed by atoms with van der Waals surface area (Å²) in [6.07, 6.45) is 1.22. The van der Waals surface area contributed by atoms with Crippen LogP contribution in [0.5, 0.6) is 5.75 Å². The molecule has 3 heteroatoms. The highest BCUT2D eigenvalue weighted by atomic mass is 16.5. The highest BCUT2D eigenvalue weighted by Gasteiger charge is 2.21. The largest absolute Gasteiger partial charge is 0.497 e. The third kappa shape index (κ3) is 2.23. The fraction of sp³-hybridized carbons (Fsp3) is 0.500. The lowest BCUT2D eigenvalue weighted by Crippen LogP contribution is -2.29. The molecule has 0 radical (unpaired) electrons.